The van der Waals surface area contributed by atoms with E-state index in [1.54, 1.807) is 4.31 Å². The number of nitrogens with one attached hydrogen (secondary N) is 1. The molecule has 2 saturated carbocycles. The lowest BCUT2D eigenvalue weighted by Gasteiger charge is -2.22. The van der Waals surface area contributed by atoms with E-state index < -0.39 is 10.0 Å². The first-order valence-electron chi connectivity index (χ1n) is 7.80. The van der Waals surface area contributed by atoms with Crippen molar-refractivity contribution in [2.45, 2.75) is 45.4 Å². The predicted molar refractivity (Wildman–Crippen MR) is 78.6 cm³/mol. The quantitative estimate of drug-likeness (QED) is 0.590. The molecule has 0 unspecified atom stereocenters. The van der Waals surface area contributed by atoms with Crippen LogP contribution in [0.15, 0.2) is 0 Å². The zero-order valence-electron chi connectivity index (χ0n) is 12.1. The highest BCUT2D eigenvalue weighted by Crippen LogP contribution is 2.34. The van der Waals surface area contributed by atoms with E-state index in [-0.39, 0.29) is 0 Å². The summed E-state index contributed by atoms with van der Waals surface area (Å²) in [7, 11) is -3.01. The van der Waals surface area contributed by atoms with Gasteiger partial charge in [-0.2, -0.15) is 0 Å². The second-order valence-electron chi connectivity index (χ2n) is 6.08. The van der Waals surface area contributed by atoms with Crippen LogP contribution in [0.5, 0.6) is 0 Å². The predicted octanol–water partition coefficient (Wildman–Crippen LogP) is 1.83. The van der Waals surface area contributed by atoms with E-state index in [1.807, 2.05) is 0 Å². The lowest BCUT2D eigenvalue weighted by atomic mass is 10.3. The van der Waals surface area contributed by atoms with Gasteiger partial charge in [0.2, 0.25) is 10.0 Å². The van der Waals surface area contributed by atoms with Gasteiger partial charge in [-0.15, -0.1) is 0 Å². The molecule has 0 bridgehead atoms. The molecule has 0 spiro atoms. The average molecular weight is 288 g/mol. The second kappa shape index (κ2) is 7.04. The minimum atomic E-state index is -3.01. The molecule has 0 aliphatic heterocycles. The van der Waals surface area contributed by atoms with Crippen molar-refractivity contribution in [1.82, 2.24) is 9.62 Å². The van der Waals surface area contributed by atoms with E-state index in [2.05, 4.69) is 12.2 Å². The van der Waals surface area contributed by atoms with Crippen molar-refractivity contribution in [3.63, 3.8) is 0 Å². The molecule has 2 aliphatic carbocycles. The summed E-state index contributed by atoms with van der Waals surface area (Å²) in [6.45, 7) is 5.53. The molecule has 4 nitrogen and oxygen atoms in total. The Labute approximate surface area is 118 Å². The maximum Gasteiger partial charge on any atom is 0.214 e. The Balaban J connectivity index is 1.75. The first-order valence-corrected chi connectivity index (χ1v) is 9.41. The molecule has 0 radical (unpaired) electrons. The Bertz CT molecular complexity index is 348. The summed E-state index contributed by atoms with van der Waals surface area (Å²) in [4.78, 5) is 0. The van der Waals surface area contributed by atoms with E-state index in [0.29, 0.717) is 17.6 Å². The zero-order chi connectivity index (χ0) is 13.7. The summed E-state index contributed by atoms with van der Waals surface area (Å²) < 4.78 is 26.6. The van der Waals surface area contributed by atoms with Crippen molar-refractivity contribution >= 4 is 10.0 Å². The highest BCUT2D eigenvalue weighted by Gasteiger charge is 2.34. The number of nitrogens with zero attached hydrogens (tertiary/aromatic N) is 1. The van der Waals surface area contributed by atoms with Crippen molar-refractivity contribution in [3.05, 3.63) is 0 Å². The molecule has 0 aromatic rings. The maximum absolute atomic E-state index is 12.4. The molecule has 112 valence electrons. The van der Waals surface area contributed by atoms with Gasteiger partial charge in [-0.1, -0.05) is 6.92 Å². The molecule has 2 aliphatic rings. The first kappa shape index (κ1) is 15.3. The summed E-state index contributed by atoms with van der Waals surface area (Å²) >= 11 is 0. The molecule has 2 rings (SSSR count). The third-order valence-electron chi connectivity index (χ3n) is 3.97. The Kier molecular flexibility index (Phi) is 5.66. The smallest absolute Gasteiger partial charge is 0.214 e. The van der Waals surface area contributed by atoms with Gasteiger partial charge in [0, 0.05) is 13.1 Å². The summed E-state index contributed by atoms with van der Waals surface area (Å²) in [5.41, 5.74) is 0. The van der Waals surface area contributed by atoms with Gasteiger partial charge in [0.05, 0.1) is 5.75 Å². The Morgan fingerprint density at radius 3 is 2.11 bits per heavy atom. The van der Waals surface area contributed by atoms with E-state index in [9.17, 15) is 8.42 Å². The van der Waals surface area contributed by atoms with Crippen LogP contribution in [0.1, 0.15) is 45.4 Å². The molecule has 1 N–H and O–H groups in total. The fourth-order valence-corrected chi connectivity index (χ4v) is 4.02. The fourth-order valence-electron chi connectivity index (χ4n) is 2.32. The van der Waals surface area contributed by atoms with E-state index in [4.69, 9.17) is 0 Å². The topological polar surface area (TPSA) is 49.4 Å². The Hall–Kier alpha value is -0.130. The Morgan fingerprint density at radius 2 is 1.63 bits per heavy atom. The van der Waals surface area contributed by atoms with Crippen LogP contribution >= 0.6 is 0 Å². The zero-order valence-corrected chi connectivity index (χ0v) is 12.9. The number of sulfonamides is 1. The number of hydrogen-bond donors (Lipinski definition) is 1. The molecule has 0 aromatic carbocycles. The molecular formula is C14H28N2O2S. The van der Waals surface area contributed by atoms with Crippen LogP contribution in [0.25, 0.3) is 0 Å². The molecule has 5 heteroatoms. The highest BCUT2D eigenvalue weighted by molar-refractivity contribution is 7.89. The van der Waals surface area contributed by atoms with Crippen molar-refractivity contribution in [2.75, 3.05) is 31.9 Å². The van der Waals surface area contributed by atoms with Crippen LogP contribution in [0.3, 0.4) is 0 Å². The van der Waals surface area contributed by atoms with Crippen LogP contribution < -0.4 is 5.32 Å². The van der Waals surface area contributed by atoms with E-state index in [0.717, 1.165) is 39.0 Å². The Morgan fingerprint density at radius 1 is 1.05 bits per heavy atom. The normalized spacial score (nSPS) is 20.1. The van der Waals surface area contributed by atoms with Gasteiger partial charge in [-0.25, -0.2) is 12.7 Å². The van der Waals surface area contributed by atoms with Gasteiger partial charge < -0.3 is 5.32 Å². The minimum Gasteiger partial charge on any atom is -0.317 e. The minimum absolute atomic E-state index is 0.331. The first-order chi connectivity index (χ1) is 9.12. The van der Waals surface area contributed by atoms with Gasteiger partial charge in [0.1, 0.15) is 0 Å². The highest BCUT2D eigenvalue weighted by atomic mass is 32.2. The van der Waals surface area contributed by atoms with Crippen LogP contribution in [0.4, 0.5) is 0 Å². The van der Waals surface area contributed by atoms with E-state index in [1.165, 1.54) is 25.7 Å². The van der Waals surface area contributed by atoms with Crippen molar-refractivity contribution in [2.24, 2.45) is 11.8 Å². The fraction of sp³-hybridized carbons (Fsp3) is 1.00. The molecule has 0 saturated heterocycles. The third kappa shape index (κ3) is 5.79. The summed E-state index contributed by atoms with van der Waals surface area (Å²) in [5, 5.41) is 3.24. The molecular weight excluding hydrogens is 260 g/mol. The summed E-state index contributed by atoms with van der Waals surface area (Å²) in [6.07, 6.45) is 6.61. The number of rotatable bonds is 11. The second-order valence-corrected chi connectivity index (χ2v) is 8.17. The van der Waals surface area contributed by atoms with Crippen molar-refractivity contribution < 1.29 is 8.42 Å². The van der Waals surface area contributed by atoms with Gasteiger partial charge >= 0.3 is 0 Å². The van der Waals surface area contributed by atoms with Gasteiger partial charge in [0.15, 0.2) is 0 Å². The lowest BCUT2D eigenvalue weighted by molar-refractivity contribution is 0.381. The monoisotopic (exact) mass is 288 g/mol. The standard InChI is InChI=1S/C14H28N2O2S/c1-2-15-9-3-4-10-19(17,18)16(11-13-5-6-13)12-14-7-8-14/h13-15H,2-12H2,1H3. The van der Waals surface area contributed by atoms with Crippen LogP contribution in [0.2, 0.25) is 0 Å². The van der Waals surface area contributed by atoms with Gasteiger partial charge in [0.25, 0.3) is 0 Å². The number of unbranched alkanes of at least 4 members (excludes halogenated alkanes) is 1. The van der Waals surface area contributed by atoms with Crippen LogP contribution in [-0.2, 0) is 10.0 Å². The van der Waals surface area contributed by atoms with Gasteiger partial charge in [-0.05, 0) is 63.5 Å². The van der Waals surface area contributed by atoms with Crippen molar-refractivity contribution in [1.29, 1.82) is 0 Å². The van der Waals surface area contributed by atoms with E-state index >= 15 is 0 Å². The molecule has 0 aromatic heterocycles. The largest absolute Gasteiger partial charge is 0.317 e. The summed E-state index contributed by atoms with van der Waals surface area (Å²) in [6, 6.07) is 0. The molecule has 0 heterocycles. The van der Waals surface area contributed by atoms with Crippen molar-refractivity contribution in [3.8, 4) is 0 Å². The molecule has 2 fully saturated rings. The molecule has 0 atom stereocenters. The number of hydrogen-bond acceptors (Lipinski definition) is 3. The third-order valence-corrected chi connectivity index (χ3v) is 5.86. The maximum atomic E-state index is 12.4. The summed E-state index contributed by atoms with van der Waals surface area (Å²) in [5.74, 6) is 1.63. The van der Waals surface area contributed by atoms with Crippen LogP contribution in [0, 0.1) is 11.8 Å². The average Bonchev–Trinajstić information content (AvgIpc) is 3.22. The van der Waals surface area contributed by atoms with Crippen LogP contribution in [-0.4, -0.2) is 44.7 Å². The molecule has 0 amide bonds. The SMILES string of the molecule is CCNCCCCS(=O)(=O)N(CC1CC1)CC1CC1. The molecule has 19 heavy (non-hydrogen) atoms. The lowest BCUT2D eigenvalue weighted by Crippen LogP contribution is -2.36. The van der Waals surface area contributed by atoms with Gasteiger partial charge in [-0.3, -0.25) is 0 Å².